The summed E-state index contributed by atoms with van der Waals surface area (Å²) in [6, 6.07) is 18.7. The number of sulfonamides is 1. The predicted octanol–water partition coefficient (Wildman–Crippen LogP) is 5.59. The van der Waals surface area contributed by atoms with Gasteiger partial charge >= 0.3 is 0 Å². The molecule has 11 heteroatoms. The summed E-state index contributed by atoms with van der Waals surface area (Å²) in [6.07, 6.45) is 0. The van der Waals surface area contributed by atoms with Crippen LogP contribution in [0.15, 0.2) is 71.6 Å². The van der Waals surface area contributed by atoms with Crippen molar-refractivity contribution in [3.8, 4) is 0 Å². The zero-order valence-corrected chi connectivity index (χ0v) is 21.2. The van der Waals surface area contributed by atoms with Crippen molar-refractivity contribution < 1.29 is 13.3 Å². The number of nitro groups is 1. The first-order chi connectivity index (χ1) is 16.7. The number of nitrogens with zero attached hydrogens (tertiary/aromatic N) is 3. The first-order valence-electron chi connectivity index (χ1n) is 11.0. The highest BCUT2D eigenvalue weighted by molar-refractivity contribution is 7.89. The van der Waals surface area contributed by atoms with Gasteiger partial charge in [-0.15, -0.1) is 0 Å². The summed E-state index contributed by atoms with van der Waals surface area (Å²) in [5.74, 6) is 0. The third-order valence-electron chi connectivity index (χ3n) is 5.98. The average Bonchev–Trinajstić information content (AvgIpc) is 2.86. The predicted molar refractivity (Wildman–Crippen MR) is 139 cm³/mol. The highest BCUT2D eigenvalue weighted by atomic mass is 35.5. The minimum Gasteiger partial charge on any atom is -0.373 e. The van der Waals surface area contributed by atoms with Crippen LogP contribution in [0.5, 0.6) is 0 Å². The summed E-state index contributed by atoms with van der Waals surface area (Å²) in [6.45, 7) is 3.35. The van der Waals surface area contributed by atoms with Gasteiger partial charge in [-0.2, -0.15) is 4.31 Å². The van der Waals surface area contributed by atoms with E-state index in [1.807, 2.05) is 42.2 Å². The van der Waals surface area contributed by atoms with Crippen molar-refractivity contribution in [3.05, 3.63) is 92.5 Å². The molecule has 1 fully saturated rings. The molecule has 0 unspecified atom stereocenters. The Morgan fingerprint density at radius 1 is 0.943 bits per heavy atom. The number of benzene rings is 3. The molecule has 1 N–H and O–H groups in total. The molecule has 0 aromatic heterocycles. The second kappa shape index (κ2) is 10.4. The van der Waals surface area contributed by atoms with Crippen LogP contribution >= 0.6 is 23.2 Å². The molecule has 3 aromatic rings. The topological polar surface area (TPSA) is 95.8 Å². The number of hydrogen-bond donors (Lipinski definition) is 1. The van der Waals surface area contributed by atoms with Gasteiger partial charge < -0.3 is 10.2 Å². The largest absolute Gasteiger partial charge is 0.373 e. The summed E-state index contributed by atoms with van der Waals surface area (Å²) in [5.41, 5.74) is 2.19. The highest BCUT2D eigenvalue weighted by Crippen LogP contribution is 2.33. The van der Waals surface area contributed by atoms with Crippen LogP contribution in [-0.4, -0.2) is 43.8 Å². The van der Waals surface area contributed by atoms with Crippen LogP contribution in [0.2, 0.25) is 10.0 Å². The molecule has 0 amide bonds. The molecule has 3 aromatic carbocycles. The number of anilines is 2. The Bertz CT molecular complexity index is 1330. The lowest BCUT2D eigenvalue weighted by molar-refractivity contribution is -0.384. The zero-order chi connectivity index (χ0) is 25.2. The van der Waals surface area contributed by atoms with E-state index in [0.717, 1.165) is 11.3 Å². The van der Waals surface area contributed by atoms with Crippen molar-refractivity contribution in [1.82, 2.24) is 4.31 Å². The number of rotatable bonds is 7. The minimum atomic E-state index is -3.72. The van der Waals surface area contributed by atoms with E-state index in [2.05, 4.69) is 5.32 Å². The fourth-order valence-corrected chi connectivity index (χ4v) is 5.84. The maximum absolute atomic E-state index is 13.0. The summed E-state index contributed by atoms with van der Waals surface area (Å²) in [5, 5.41) is 15.3. The molecule has 0 radical (unpaired) electrons. The smallest absolute Gasteiger partial charge is 0.292 e. The first-order valence-corrected chi connectivity index (χ1v) is 13.2. The van der Waals surface area contributed by atoms with E-state index in [1.54, 1.807) is 12.1 Å². The van der Waals surface area contributed by atoms with E-state index in [0.29, 0.717) is 23.8 Å². The van der Waals surface area contributed by atoms with Crippen LogP contribution in [0.3, 0.4) is 0 Å². The van der Waals surface area contributed by atoms with Gasteiger partial charge in [-0.05, 0) is 42.8 Å². The van der Waals surface area contributed by atoms with E-state index >= 15 is 0 Å². The van der Waals surface area contributed by atoms with Crippen LogP contribution in [0.25, 0.3) is 0 Å². The molecule has 35 heavy (non-hydrogen) atoms. The second-order valence-corrected chi connectivity index (χ2v) is 11.0. The zero-order valence-electron chi connectivity index (χ0n) is 18.9. The molecule has 4 rings (SSSR count). The number of nitrogens with one attached hydrogen (secondary N) is 1. The molecule has 1 heterocycles. The van der Waals surface area contributed by atoms with Gasteiger partial charge in [0, 0.05) is 44.0 Å². The molecular weight excluding hydrogens is 511 g/mol. The minimum absolute atomic E-state index is 0.0163. The lowest BCUT2D eigenvalue weighted by Crippen LogP contribution is -2.48. The van der Waals surface area contributed by atoms with E-state index < -0.39 is 14.9 Å². The number of halogens is 2. The van der Waals surface area contributed by atoms with Gasteiger partial charge in [-0.1, -0.05) is 53.5 Å². The van der Waals surface area contributed by atoms with Gasteiger partial charge in [0.2, 0.25) is 10.0 Å². The standard InChI is InChI=1S/C24H24Cl2N4O4S/c1-17(18-5-3-2-4-6-18)27-23-15-19(7-10-24(23)30(31)32)28-11-13-29(14-12-28)35(33,34)20-8-9-21(25)22(26)16-20/h2-10,15-17,27H,11-14H2,1H3/t17-/m1/s1. The fourth-order valence-electron chi connectivity index (χ4n) is 4.03. The quantitative estimate of drug-likeness (QED) is 0.313. The third-order valence-corrected chi connectivity index (χ3v) is 8.61. The van der Waals surface area contributed by atoms with E-state index in [4.69, 9.17) is 23.2 Å². The molecule has 0 spiro atoms. The maximum atomic E-state index is 13.0. The Hall–Kier alpha value is -2.85. The van der Waals surface area contributed by atoms with Crippen molar-refractivity contribution in [2.75, 3.05) is 36.4 Å². The number of nitro benzene ring substituents is 1. The lowest BCUT2D eigenvalue weighted by atomic mass is 10.1. The number of hydrogen-bond acceptors (Lipinski definition) is 6. The monoisotopic (exact) mass is 534 g/mol. The molecule has 0 saturated carbocycles. The van der Waals surface area contributed by atoms with Gasteiger partial charge in [0.15, 0.2) is 0 Å². The molecule has 1 saturated heterocycles. The fraction of sp³-hybridized carbons (Fsp3) is 0.250. The van der Waals surface area contributed by atoms with E-state index in [1.165, 1.54) is 28.6 Å². The van der Waals surface area contributed by atoms with Gasteiger partial charge in [0.25, 0.3) is 5.69 Å². The summed E-state index contributed by atoms with van der Waals surface area (Å²) >= 11 is 11.9. The van der Waals surface area contributed by atoms with Crippen molar-refractivity contribution >= 4 is 50.3 Å². The Balaban J connectivity index is 1.51. The third kappa shape index (κ3) is 5.54. The second-order valence-electron chi connectivity index (χ2n) is 8.20. The molecule has 0 aliphatic carbocycles. The SMILES string of the molecule is C[C@@H](Nc1cc(N2CCN(S(=O)(=O)c3ccc(Cl)c(Cl)c3)CC2)ccc1[N+](=O)[O-])c1ccccc1. The Morgan fingerprint density at radius 3 is 2.26 bits per heavy atom. The molecule has 8 nitrogen and oxygen atoms in total. The van der Waals surface area contributed by atoms with Gasteiger partial charge in [-0.3, -0.25) is 10.1 Å². The van der Waals surface area contributed by atoms with Crippen molar-refractivity contribution in [3.63, 3.8) is 0 Å². The van der Waals surface area contributed by atoms with Crippen LogP contribution in [0.1, 0.15) is 18.5 Å². The maximum Gasteiger partial charge on any atom is 0.292 e. The van der Waals surface area contributed by atoms with Crippen LogP contribution < -0.4 is 10.2 Å². The molecule has 184 valence electrons. The summed E-state index contributed by atoms with van der Waals surface area (Å²) in [7, 11) is -3.72. The Labute approximate surface area is 214 Å². The molecule has 1 aliphatic heterocycles. The van der Waals surface area contributed by atoms with Gasteiger partial charge in [0.1, 0.15) is 5.69 Å². The summed E-state index contributed by atoms with van der Waals surface area (Å²) in [4.78, 5) is 13.3. The van der Waals surface area contributed by atoms with Gasteiger partial charge in [0.05, 0.1) is 19.9 Å². The van der Waals surface area contributed by atoms with Crippen molar-refractivity contribution in [1.29, 1.82) is 0 Å². The average molecular weight is 535 g/mol. The molecule has 1 atom stereocenters. The normalized spacial score (nSPS) is 15.6. The molecular formula is C24H24Cl2N4O4S. The summed E-state index contributed by atoms with van der Waals surface area (Å²) < 4.78 is 27.5. The molecule has 1 aliphatic rings. The van der Waals surface area contributed by atoms with Crippen molar-refractivity contribution in [2.45, 2.75) is 17.9 Å². The Kier molecular flexibility index (Phi) is 7.51. The van der Waals surface area contributed by atoms with Crippen LogP contribution in [0, 0.1) is 10.1 Å². The van der Waals surface area contributed by atoms with Crippen molar-refractivity contribution in [2.24, 2.45) is 0 Å². The van der Waals surface area contributed by atoms with Gasteiger partial charge in [-0.25, -0.2) is 8.42 Å². The lowest BCUT2D eigenvalue weighted by Gasteiger charge is -2.35. The number of piperazine rings is 1. The Morgan fingerprint density at radius 2 is 1.63 bits per heavy atom. The highest BCUT2D eigenvalue weighted by Gasteiger charge is 2.29. The molecule has 0 bridgehead atoms. The van der Waals surface area contributed by atoms with E-state index in [9.17, 15) is 18.5 Å². The van der Waals surface area contributed by atoms with Crippen LogP contribution in [0.4, 0.5) is 17.1 Å². The first kappa shape index (κ1) is 25.2. The van der Waals surface area contributed by atoms with E-state index in [-0.39, 0.29) is 34.7 Å². The van der Waals surface area contributed by atoms with Crippen LogP contribution in [-0.2, 0) is 10.0 Å².